The fourth-order valence-electron chi connectivity index (χ4n) is 4.57. The monoisotopic (exact) mass is 493 g/mol. The molecule has 1 amide bonds. The van der Waals surface area contributed by atoms with E-state index in [2.05, 4.69) is 18.3 Å². The van der Waals surface area contributed by atoms with E-state index in [9.17, 15) is 19.8 Å². The maximum Gasteiger partial charge on any atom is 0.244 e. The van der Waals surface area contributed by atoms with Crippen LogP contribution in [0.4, 0.5) is 0 Å². The topological polar surface area (TPSA) is 114 Å². The number of aliphatic hydroxyl groups excluding tert-OH is 2. The van der Waals surface area contributed by atoms with Crippen LogP contribution in [0.3, 0.4) is 0 Å². The second-order valence-corrected chi connectivity index (χ2v) is 9.84. The summed E-state index contributed by atoms with van der Waals surface area (Å²) < 4.78 is 17.2. The van der Waals surface area contributed by atoms with E-state index in [4.69, 9.17) is 14.2 Å². The van der Waals surface area contributed by atoms with E-state index >= 15 is 0 Å². The third kappa shape index (κ3) is 9.28. The number of rotatable bonds is 11. The van der Waals surface area contributed by atoms with Crippen molar-refractivity contribution in [3.05, 3.63) is 36.0 Å². The van der Waals surface area contributed by atoms with Gasteiger partial charge >= 0.3 is 0 Å². The van der Waals surface area contributed by atoms with Gasteiger partial charge in [0, 0.05) is 32.1 Å². The number of methoxy groups -OCH3 is 1. The molecule has 0 saturated carbocycles. The van der Waals surface area contributed by atoms with E-state index in [0.29, 0.717) is 6.42 Å². The molecule has 0 aliphatic carbocycles. The van der Waals surface area contributed by atoms with Crippen LogP contribution < -0.4 is 5.32 Å². The number of ether oxygens (including phenoxy) is 3. The number of carbonyl (C=O) groups is 2. The molecule has 8 nitrogen and oxygen atoms in total. The number of amides is 1. The Balaban J connectivity index is 1.89. The molecule has 35 heavy (non-hydrogen) atoms. The smallest absolute Gasteiger partial charge is 0.244 e. The average molecular weight is 494 g/mol. The molecule has 8 heteroatoms. The Bertz CT molecular complexity index is 765. The number of hydrogen-bond donors (Lipinski definition) is 3. The fraction of sp³-hybridized carbons (Fsp3) is 0.704. The lowest BCUT2D eigenvalue weighted by atomic mass is 9.87. The van der Waals surface area contributed by atoms with Crippen LogP contribution in [0.1, 0.15) is 53.4 Å². The molecule has 2 aliphatic rings. The van der Waals surface area contributed by atoms with Crippen molar-refractivity contribution in [1.82, 2.24) is 5.32 Å². The van der Waals surface area contributed by atoms with Crippen LogP contribution in [-0.2, 0) is 23.8 Å². The highest BCUT2D eigenvalue weighted by Gasteiger charge is 2.36. The van der Waals surface area contributed by atoms with Gasteiger partial charge in [0.05, 0.1) is 36.6 Å². The highest BCUT2D eigenvalue weighted by molar-refractivity contribution is 5.87. The first-order chi connectivity index (χ1) is 16.7. The third-order valence-electron chi connectivity index (χ3n) is 6.98. The van der Waals surface area contributed by atoms with Gasteiger partial charge in [-0.1, -0.05) is 36.8 Å². The summed E-state index contributed by atoms with van der Waals surface area (Å²) in [5.41, 5.74) is 1.01. The number of carbonyl (C=O) groups excluding carboxylic acids is 2. The lowest BCUT2D eigenvalue weighted by Gasteiger charge is -2.39. The van der Waals surface area contributed by atoms with Gasteiger partial charge in [0.1, 0.15) is 12.4 Å². The van der Waals surface area contributed by atoms with Crippen LogP contribution >= 0.6 is 0 Å². The Labute approximate surface area is 209 Å². The molecule has 0 spiro atoms. The summed E-state index contributed by atoms with van der Waals surface area (Å²) in [7, 11) is 1.60. The first-order valence-corrected chi connectivity index (χ1v) is 12.6. The molecule has 198 valence electrons. The summed E-state index contributed by atoms with van der Waals surface area (Å²) in [5.74, 6) is -0.186. The molecule has 2 heterocycles. The molecule has 2 aliphatic heterocycles. The predicted molar refractivity (Wildman–Crippen MR) is 134 cm³/mol. The second-order valence-electron chi connectivity index (χ2n) is 9.84. The Morgan fingerprint density at radius 1 is 1.20 bits per heavy atom. The quantitative estimate of drug-likeness (QED) is 0.230. The van der Waals surface area contributed by atoms with Crippen molar-refractivity contribution in [1.29, 1.82) is 0 Å². The largest absolute Gasteiger partial charge is 0.396 e. The summed E-state index contributed by atoms with van der Waals surface area (Å²) in [5, 5.41) is 23.1. The Morgan fingerprint density at radius 3 is 2.60 bits per heavy atom. The molecule has 2 saturated heterocycles. The fourth-order valence-corrected chi connectivity index (χ4v) is 4.57. The second kappa shape index (κ2) is 14.7. The van der Waals surface area contributed by atoms with Crippen molar-refractivity contribution in [3.63, 3.8) is 0 Å². The van der Waals surface area contributed by atoms with Crippen LogP contribution in [0, 0.1) is 11.8 Å². The van der Waals surface area contributed by atoms with Crippen LogP contribution in [0.2, 0.25) is 0 Å². The molecule has 2 rings (SSSR count). The lowest BCUT2D eigenvalue weighted by Crippen LogP contribution is -2.50. The number of allylic oxidation sites excluding steroid dienone is 2. The molecule has 9 atom stereocenters. The Morgan fingerprint density at radius 2 is 1.94 bits per heavy atom. The molecule has 0 radical (unpaired) electrons. The Kier molecular flexibility index (Phi) is 12.3. The van der Waals surface area contributed by atoms with Gasteiger partial charge < -0.3 is 34.5 Å². The minimum atomic E-state index is -0.811. The standard InChI is InChI=1S/C27H43NO7/c1-17(7-10-25-27(32)21(16-30)15-22(35-25)12-13-29)6-9-24-18(2)14-23(20(4)34-24)28-26(31)11-8-19(3)33-5/h6-8,10-11,13,18-25,27,30,32H,9,12,14-16H2,1-5H3,(H,28,31)/b10-7+,11-8-,17-6+/t18?,19?,20?,21?,22-,23?,24+,25?,27+/m1/s1. The number of aldehydes is 1. The molecule has 6 unspecified atom stereocenters. The summed E-state index contributed by atoms with van der Waals surface area (Å²) in [6.07, 6.45) is 10.3. The maximum absolute atomic E-state index is 12.2. The molecular formula is C27H43NO7. The van der Waals surface area contributed by atoms with Gasteiger partial charge in [0.2, 0.25) is 5.91 Å². The highest BCUT2D eigenvalue weighted by Crippen LogP contribution is 2.29. The van der Waals surface area contributed by atoms with Crippen molar-refractivity contribution >= 4 is 12.2 Å². The minimum absolute atomic E-state index is 0.0396. The van der Waals surface area contributed by atoms with E-state index in [1.807, 2.05) is 26.8 Å². The molecular weight excluding hydrogens is 450 g/mol. The highest BCUT2D eigenvalue weighted by atomic mass is 16.5. The van der Waals surface area contributed by atoms with Gasteiger partial charge in [-0.2, -0.15) is 0 Å². The van der Waals surface area contributed by atoms with Crippen molar-refractivity contribution in [2.75, 3.05) is 13.7 Å². The van der Waals surface area contributed by atoms with Gasteiger partial charge in [0.15, 0.2) is 0 Å². The van der Waals surface area contributed by atoms with E-state index in [0.717, 1.165) is 24.7 Å². The van der Waals surface area contributed by atoms with E-state index in [1.54, 1.807) is 19.3 Å². The minimum Gasteiger partial charge on any atom is -0.396 e. The zero-order valence-corrected chi connectivity index (χ0v) is 21.6. The van der Waals surface area contributed by atoms with Crippen molar-refractivity contribution < 1.29 is 34.0 Å². The van der Waals surface area contributed by atoms with Crippen LogP contribution in [-0.4, -0.2) is 78.8 Å². The predicted octanol–water partition coefficient (Wildman–Crippen LogP) is 2.48. The summed E-state index contributed by atoms with van der Waals surface area (Å²) >= 11 is 0. The lowest BCUT2D eigenvalue weighted by molar-refractivity contribution is -0.139. The SMILES string of the molecule is COC(C)/C=C\C(=O)NC1CC(C)[C@H](C/C=C(C)/C=C/C2O[C@H](CC=O)CC(CO)[C@@H]2O)OC1C. The van der Waals surface area contributed by atoms with E-state index in [-0.39, 0.29) is 61.2 Å². The first kappa shape index (κ1) is 29.4. The van der Waals surface area contributed by atoms with Crippen LogP contribution in [0.5, 0.6) is 0 Å². The van der Waals surface area contributed by atoms with Gasteiger partial charge in [-0.3, -0.25) is 4.79 Å². The normalized spacial score (nSPS) is 35.3. The molecule has 0 aromatic heterocycles. The zero-order valence-electron chi connectivity index (χ0n) is 21.6. The van der Waals surface area contributed by atoms with Gasteiger partial charge in [-0.15, -0.1) is 0 Å². The first-order valence-electron chi connectivity index (χ1n) is 12.6. The van der Waals surface area contributed by atoms with Crippen molar-refractivity contribution in [2.24, 2.45) is 11.8 Å². The van der Waals surface area contributed by atoms with Crippen LogP contribution in [0.25, 0.3) is 0 Å². The zero-order chi connectivity index (χ0) is 26.0. The van der Waals surface area contributed by atoms with Gasteiger partial charge in [-0.05, 0) is 46.0 Å². The molecule has 0 aromatic carbocycles. The molecule has 2 fully saturated rings. The van der Waals surface area contributed by atoms with E-state index in [1.165, 1.54) is 6.08 Å². The number of aliphatic hydroxyl groups is 2. The maximum atomic E-state index is 12.2. The number of nitrogens with one attached hydrogen (secondary N) is 1. The third-order valence-corrected chi connectivity index (χ3v) is 6.98. The summed E-state index contributed by atoms with van der Waals surface area (Å²) in [4.78, 5) is 23.1. The summed E-state index contributed by atoms with van der Waals surface area (Å²) in [6, 6.07) is -0.0510. The molecule has 3 N–H and O–H groups in total. The molecule has 0 aromatic rings. The summed E-state index contributed by atoms with van der Waals surface area (Å²) in [6.45, 7) is 7.82. The number of hydrogen-bond acceptors (Lipinski definition) is 7. The van der Waals surface area contributed by atoms with Gasteiger partial charge in [-0.25, -0.2) is 0 Å². The Hall–Kier alpha value is -1.84. The molecule has 0 bridgehead atoms. The van der Waals surface area contributed by atoms with Crippen molar-refractivity contribution in [2.45, 2.75) is 96.0 Å². The van der Waals surface area contributed by atoms with E-state index < -0.39 is 12.2 Å². The average Bonchev–Trinajstić information content (AvgIpc) is 2.83. The van der Waals surface area contributed by atoms with Crippen LogP contribution in [0.15, 0.2) is 36.0 Å². The van der Waals surface area contributed by atoms with Crippen molar-refractivity contribution in [3.8, 4) is 0 Å². The van der Waals surface area contributed by atoms with Gasteiger partial charge in [0.25, 0.3) is 0 Å².